The zero-order valence-electron chi connectivity index (χ0n) is 9.49. The molecule has 2 nitrogen and oxygen atoms in total. The molecule has 0 unspecified atom stereocenters. The second kappa shape index (κ2) is 3.22. The number of benzene rings is 2. The first-order chi connectivity index (χ1) is 7.66. The number of fused-ring (bicyclic) bond motifs is 3. The summed E-state index contributed by atoms with van der Waals surface area (Å²) in [5.74, 6) is 0.421. The van der Waals surface area contributed by atoms with Crippen molar-refractivity contribution in [3.05, 3.63) is 42.0 Å². The molecular weight excluding hydrogens is 200 g/mol. The first kappa shape index (κ1) is 9.67. The summed E-state index contributed by atoms with van der Waals surface area (Å²) in [7, 11) is 0. The maximum Gasteiger partial charge on any atom is 0.205 e. The van der Waals surface area contributed by atoms with Gasteiger partial charge in [0.2, 0.25) is 5.79 Å². The third kappa shape index (κ3) is 1.46. The predicted molar refractivity (Wildman–Crippen MR) is 63.4 cm³/mol. The van der Waals surface area contributed by atoms with E-state index in [4.69, 9.17) is 9.47 Å². The van der Waals surface area contributed by atoms with E-state index in [-0.39, 0.29) is 0 Å². The summed E-state index contributed by atoms with van der Waals surface area (Å²) in [4.78, 5) is 0. The van der Waals surface area contributed by atoms with Crippen molar-refractivity contribution in [2.24, 2.45) is 0 Å². The Hall–Kier alpha value is -1.54. The van der Waals surface area contributed by atoms with Crippen molar-refractivity contribution < 1.29 is 9.47 Å². The highest BCUT2D eigenvalue weighted by atomic mass is 16.7. The van der Waals surface area contributed by atoms with E-state index in [1.165, 1.54) is 10.8 Å². The lowest BCUT2D eigenvalue weighted by Crippen LogP contribution is -2.35. The molecule has 16 heavy (non-hydrogen) atoms. The minimum absolute atomic E-state index is 0.518. The molecule has 0 aliphatic carbocycles. The van der Waals surface area contributed by atoms with E-state index in [9.17, 15) is 0 Å². The highest BCUT2D eigenvalue weighted by Crippen LogP contribution is 2.35. The van der Waals surface area contributed by atoms with Crippen molar-refractivity contribution >= 4 is 10.8 Å². The van der Waals surface area contributed by atoms with Gasteiger partial charge in [0.05, 0.1) is 6.61 Å². The second-order valence-electron chi connectivity index (χ2n) is 4.55. The summed E-state index contributed by atoms with van der Waals surface area (Å²) in [6.07, 6.45) is 0. The minimum Gasteiger partial charge on any atom is -0.463 e. The smallest absolute Gasteiger partial charge is 0.205 e. The molecule has 0 saturated carbocycles. The average Bonchev–Trinajstić information content (AvgIpc) is 2.27. The SMILES string of the molecule is CC1(C)OCc2c(ccc3ccccc23)O1. The molecule has 1 heterocycles. The lowest BCUT2D eigenvalue weighted by Gasteiger charge is -2.33. The Morgan fingerprint density at radius 3 is 2.75 bits per heavy atom. The van der Waals surface area contributed by atoms with E-state index in [1.54, 1.807) is 0 Å². The summed E-state index contributed by atoms with van der Waals surface area (Å²) in [5.41, 5.74) is 1.15. The van der Waals surface area contributed by atoms with Gasteiger partial charge in [0.25, 0.3) is 0 Å². The van der Waals surface area contributed by atoms with Crippen LogP contribution in [0.1, 0.15) is 19.4 Å². The van der Waals surface area contributed by atoms with E-state index in [0.717, 1.165) is 11.3 Å². The van der Waals surface area contributed by atoms with Crippen molar-refractivity contribution in [2.45, 2.75) is 26.2 Å². The molecule has 2 heteroatoms. The third-order valence-electron chi connectivity index (χ3n) is 2.92. The Kier molecular flexibility index (Phi) is 1.95. The van der Waals surface area contributed by atoms with Crippen LogP contribution in [-0.4, -0.2) is 5.79 Å². The predicted octanol–water partition coefficient (Wildman–Crippen LogP) is 3.48. The van der Waals surface area contributed by atoms with Crippen molar-refractivity contribution in [3.8, 4) is 5.75 Å². The van der Waals surface area contributed by atoms with E-state index < -0.39 is 5.79 Å². The van der Waals surface area contributed by atoms with Gasteiger partial charge in [-0.25, -0.2) is 0 Å². The van der Waals surface area contributed by atoms with Crippen LogP contribution < -0.4 is 4.74 Å². The Balaban J connectivity index is 2.22. The van der Waals surface area contributed by atoms with Gasteiger partial charge in [0.15, 0.2) is 0 Å². The molecule has 0 aromatic heterocycles. The number of ether oxygens (including phenoxy) is 2. The van der Waals surface area contributed by atoms with Gasteiger partial charge in [-0.3, -0.25) is 0 Å². The molecule has 82 valence electrons. The van der Waals surface area contributed by atoms with E-state index in [1.807, 2.05) is 32.0 Å². The van der Waals surface area contributed by atoms with Crippen LogP contribution in [0.2, 0.25) is 0 Å². The van der Waals surface area contributed by atoms with E-state index in [2.05, 4.69) is 18.2 Å². The summed E-state index contributed by atoms with van der Waals surface area (Å²) in [5, 5.41) is 2.45. The fraction of sp³-hybridized carbons (Fsp3) is 0.286. The molecule has 0 radical (unpaired) electrons. The molecule has 2 aromatic carbocycles. The maximum atomic E-state index is 5.81. The van der Waals surface area contributed by atoms with Crippen LogP contribution in [0.25, 0.3) is 10.8 Å². The first-order valence-corrected chi connectivity index (χ1v) is 5.49. The van der Waals surface area contributed by atoms with Crippen LogP contribution in [0.4, 0.5) is 0 Å². The zero-order chi connectivity index (χ0) is 11.2. The topological polar surface area (TPSA) is 18.5 Å². The van der Waals surface area contributed by atoms with E-state index in [0.29, 0.717) is 6.61 Å². The molecule has 0 spiro atoms. The van der Waals surface area contributed by atoms with Crippen LogP contribution in [0.5, 0.6) is 5.75 Å². The van der Waals surface area contributed by atoms with Gasteiger partial charge in [-0.05, 0) is 16.8 Å². The molecule has 1 aliphatic rings. The normalized spacial score (nSPS) is 17.9. The standard InChI is InChI=1S/C14H14O2/c1-14(2)15-9-12-11-6-4-3-5-10(11)7-8-13(12)16-14/h3-8H,9H2,1-2H3. The fourth-order valence-corrected chi connectivity index (χ4v) is 2.10. The maximum absolute atomic E-state index is 5.81. The molecule has 0 saturated heterocycles. The highest BCUT2D eigenvalue weighted by Gasteiger charge is 2.27. The minimum atomic E-state index is -0.518. The molecule has 0 amide bonds. The molecular formula is C14H14O2. The van der Waals surface area contributed by atoms with Crippen LogP contribution in [-0.2, 0) is 11.3 Å². The summed E-state index contributed by atoms with van der Waals surface area (Å²) in [6.45, 7) is 4.49. The highest BCUT2D eigenvalue weighted by molar-refractivity contribution is 5.87. The average molecular weight is 214 g/mol. The number of rotatable bonds is 0. The quantitative estimate of drug-likeness (QED) is 0.668. The van der Waals surface area contributed by atoms with Gasteiger partial charge in [0.1, 0.15) is 5.75 Å². The molecule has 0 atom stereocenters. The lowest BCUT2D eigenvalue weighted by molar-refractivity contribution is -0.179. The number of hydrogen-bond acceptors (Lipinski definition) is 2. The zero-order valence-corrected chi connectivity index (χ0v) is 9.49. The Morgan fingerprint density at radius 1 is 1.06 bits per heavy atom. The van der Waals surface area contributed by atoms with Gasteiger partial charge in [-0.1, -0.05) is 30.3 Å². The monoisotopic (exact) mass is 214 g/mol. The molecule has 1 aliphatic heterocycles. The van der Waals surface area contributed by atoms with Gasteiger partial charge >= 0.3 is 0 Å². The van der Waals surface area contributed by atoms with Crippen molar-refractivity contribution in [3.63, 3.8) is 0 Å². The molecule has 0 bridgehead atoms. The Labute approximate surface area is 94.8 Å². The first-order valence-electron chi connectivity index (χ1n) is 5.49. The molecule has 2 aromatic rings. The Bertz CT molecular complexity index is 543. The summed E-state index contributed by atoms with van der Waals surface area (Å²) >= 11 is 0. The largest absolute Gasteiger partial charge is 0.463 e. The summed E-state index contributed by atoms with van der Waals surface area (Å²) in [6, 6.07) is 12.4. The summed E-state index contributed by atoms with van der Waals surface area (Å²) < 4.78 is 11.5. The fourth-order valence-electron chi connectivity index (χ4n) is 2.10. The van der Waals surface area contributed by atoms with Gasteiger partial charge in [-0.15, -0.1) is 0 Å². The second-order valence-corrected chi connectivity index (χ2v) is 4.55. The van der Waals surface area contributed by atoms with Crippen molar-refractivity contribution in [1.82, 2.24) is 0 Å². The molecule has 0 N–H and O–H groups in total. The van der Waals surface area contributed by atoms with Crippen molar-refractivity contribution in [1.29, 1.82) is 0 Å². The number of hydrogen-bond donors (Lipinski definition) is 0. The third-order valence-corrected chi connectivity index (χ3v) is 2.92. The van der Waals surface area contributed by atoms with Crippen LogP contribution in [0.15, 0.2) is 36.4 Å². The Morgan fingerprint density at radius 2 is 1.88 bits per heavy atom. The van der Waals surface area contributed by atoms with Gasteiger partial charge in [0, 0.05) is 19.4 Å². The lowest BCUT2D eigenvalue weighted by atomic mass is 10.0. The molecule has 0 fully saturated rings. The van der Waals surface area contributed by atoms with Crippen LogP contribution in [0.3, 0.4) is 0 Å². The van der Waals surface area contributed by atoms with Crippen LogP contribution in [0, 0.1) is 0 Å². The van der Waals surface area contributed by atoms with Gasteiger partial charge < -0.3 is 9.47 Å². The van der Waals surface area contributed by atoms with Crippen molar-refractivity contribution in [2.75, 3.05) is 0 Å². The van der Waals surface area contributed by atoms with E-state index >= 15 is 0 Å². The van der Waals surface area contributed by atoms with Crippen LogP contribution >= 0.6 is 0 Å². The molecule has 3 rings (SSSR count). The van der Waals surface area contributed by atoms with Gasteiger partial charge in [-0.2, -0.15) is 0 Å².